The Hall–Kier alpha value is -7.82. The summed E-state index contributed by atoms with van der Waals surface area (Å²) in [7, 11) is 0. The minimum Gasteiger partial charge on any atom is -0.309 e. The molecule has 10 aromatic carbocycles. The Morgan fingerprint density at radius 1 is 0.310 bits per heavy atom. The Balaban J connectivity index is 1.09. The third-order valence-corrected chi connectivity index (χ3v) is 12.2. The van der Waals surface area contributed by atoms with Crippen LogP contribution in [-0.4, -0.2) is 19.1 Å². The summed E-state index contributed by atoms with van der Waals surface area (Å²) < 4.78 is 4.75. The Labute approximate surface area is 333 Å². The van der Waals surface area contributed by atoms with E-state index in [0.29, 0.717) is 5.95 Å². The fourth-order valence-corrected chi connectivity index (χ4v) is 9.72. The van der Waals surface area contributed by atoms with Crippen molar-refractivity contribution in [2.24, 2.45) is 0 Å². The van der Waals surface area contributed by atoms with Crippen LogP contribution in [0.25, 0.3) is 121 Å². The van der Waals surface area contributed by atoms with Crippen molar-refractivity contribution in [3.05, 3.63) is 194 Å². The first-order chi connectivity index (χ1) is 28.8. The molecule has 0 spiro atoms. The number of nitrogens with zero attached hydrogens (tertiary/aromatic N) is 4. The first-order valence-electron chi connectivity index (χ1n) is 19.8. The standard InChI is InChI=1S/C54H32N4/c1-3-13-34(14-4-1)43-32-44(35-15-5-2-6-16-35)56-54(55-43)58-47-23-11-19-37-26-27-42-40(28-29-48(58)53(42)51(37)47)39-30-38-25-24-36-18-10-22-46-50(36)52(38)49(31-39)57(46)45-21-9-17-33-12-7-8-20-41(33)45/h1-32H. The molecule has 3 aromatic heterocycles. The molecule has 58 heavy (non-hydrogen) atoms. The van der Waals surface area contributed by atoms with E-state index in [1.165, 1.54) is 81.7 Å². The molecule has 13 rings (SSSR count). The molecule has 0 N–H and O–H groups in total. The molecule has 0 unspecified atom stereocenters. The average molecular weight is 737 g/mol. The summed E-state index contributed by atoms with van der Waals surface area (Å²) in [6, 6.07) is 70.1. The molecule has 0 aliphatic heterocycles. The normalized spacial score (nSPS) is 12.1. The third-order valence-electron chi connectivity index (χ3n) is 12.2. The van der Waals surface area contributed by atoms with E-state index >= 15 is 0 Å². The Bertz CT molecular complexity index is 3660. The molecule has 13 aromatic rings. The zero-order valence-corrected chi connectivity index (χ0v) is 31.3. The average Bonchev–Trinajstić information content (AvgIpc) is 3.82. The van der Waals surface area contributed by atoms with Gasteiger partial charge in [0.05, 0.1) is 39.1 Å². The summed E-state index contributed by atoms with van der Waals surface area (Å²) in [5, 5.41) is 12.4. The summed E-state index contributed by atoms with van der Waals surface area (Å²) in [4.78, 5) is 10.6. The van der Waals surface area contributed by atoms with Gasteiger partial charge in [0.25, 0.3) is 0 Å². The van der Waals surface area contributed by atoms with Crippen molar-refractivity contribution in [1.29, 1.82) is 0 Å². The zero-order chi connectivity index (χ0) is 37.9. The van der Waals surface area contributed by atoms with Gasteiger partial charge < -0.3 is 4.57 Å². The second-order valence-electron chi connectivity index (χ2n) is 15.4. The molecule has 0 saturated heterocycles. The van der Waals surface area contributed by atoms with Crippen LogP contribution in [0.3, 0.4) is 0 Å². The van der Waals surface area contributed by atoms with Gasteiger partial charge in [-0.3, -0.25) is 4.57 Å². The van der Waals surface area contributed by atoms with E-state index in [4.69, 9.17) is 9.97 Å². The SMILES string of the molecule is c1ccc(-c2cc(-c3ccccc3)nc(-n3c4cccc5ccc6c(-c7cc8ccc9cccc%10c9c8c(c7)n%10-c7cccc8ccccc78)ccc3c6c54)n2)cc1. The van der Waals surface area contributed by atoms with Crippen molar-refractivity contribution in [1.82, 2.24) is 19.1 Å². The maximum absolute atomic E-state index is 5.30. The molecule has 4 heteroatoms. The van der Waals surface area contributed by atoms with E-state index in [-0.39, 0.29) is 0 Å². The highest BCUT2D eigenvalue weighted by Crippen LogP contribution is 2.46. The Morgan fingerprint density at radius 3 is 1.64 bits per heavy atom. The molecule has 268 valence electrons. The van der Waals surface area contributed by atoms with E-state index < -0.39 is 0 Å². The fraction of sp³-hybridized carbons (Fsp3) is 0. The lowest BCUT2D eigenvalue weighted by Crippen LogP contribution is -2.04. The summed E-state index contributed by atoms with van der Waals surface area (Å²) in [5.74, 6) is 0.657. The first-order valence-corrected chi connectivity index (χ1v) is 19.8. The van der Waals surface area contributed by atoms with E-state index in [9.17, 15) is 0 Å². The van der Waals surface area contributed by atoms with Crippen LogP contribution >= 0.6 is 0 Å². The van der Waals surface area contributed by atoms with Crippen molar-refractivity contribution in [3.63, 3.8) is 0 Å². The summed E-state index contributed by atoms with van der Waals surface area (Å²) >= 11 is 0. The molecule has 0 aliphatic rings. The van der Waals surface area contributed by atoms with Crippen LogP contribution in [-0.2, 0) is 0 Å². The van der Waals surface area contributed by atoms with Gasteiger partial charge in [0.15, 0.2) is 0 Å². The van der Waals surface area contributed by atoms with Crippen molar-refractivity contribution >= 4 is 75.9 Å². The topological polar surface area (TPSA) is 35.6 Å². The van der Waals surface area contributed by atoms with Crippen LogP contribution < -0.4 is 0 Å². The van der Waals surface area contributed by atoms with Crippen LogP contribution in [0.4, 0.5) is 0 Å². The van der Waals surface area contributed by atoms with Crippen molar-refractivity contribution in [3.8, 4) is 45.3 Å². The smallest absolute Gasteiger partial charge is 0.235 e. The number of hydrogen-bond acceptors (Lipinski definition) is 2. The zero-order valence-electron chi connectivity index (χ0n) is 31.3. The number of fused-ring (bicyclic) bond motifs is 1. The molecule has 0 atom stereocenters. The molecule has 4 nitrogen and oxygen atoms in total. The monoisotopic (exact) mass is 736 g/mol. The minimum atomic E-state index is 0.657. The largest absolute Gasteiger partial charge is 0.309 e. The summed E-state index contributed by atoms with van der Waals surface area (Å²) in [6.45, 7) is 0. The minimum absolute atomic E-state index is 0.657. The van der Waals surface area contributed by atoms with E-state index in [1.807, 2.05) is 12.1 Å². The van der Waals surface area contributed by atoms with Crippen LogP contribution in [0.5, 0.6) is 0 Å². The van der Waals surface area contributed by atoms with Gasteiger partial charge >= 0.3 is 0 Å². The summed E-state index contributed by atoms with van der Waals surface area (Å²) in [6.07, 6.45) is 0. The van der Waals surface area contributed by atoms with Crippen molar-refractivity contribution in [2.45, 2.75) is 0 Å². The molecular weight excluding hydrogens is 705 g/mol. The fourth-order valence-electron chi connectivity index (χ4n) is 9.72. The lowest BCUT2D eigenvalue weighted by atomic mass is 9.92. The first kappa shape index (κ1) is 31.4. The van der Waals surface area contributed by atoms with Gasteiger partial charge in [0.2, 0.25) is 5.95 Å². The second kappa shape index (κ2) is 11.8. The van der Waals surface area contributed by atoms with E-state index in [2.05, 4.69) is 191 Å². The highest BCUT2D eigenvalue weighted by Gasteiger charge is 2.23. The maximum atomic E-state index is 5.30. The van der Waals surface area contributed by atoms with Gasteiger partial charge in [-0.15, -0.1) is 0 Å². The maximum Gasteiger partial charge on any atom is 0.235 e. The number of aromatic nitrogens is 4. The molecule has 3 heterocycles. The quantitative estimate of drug-likeness (QED) is 0.165. The molecule has 0 aliphatic carbocycles. The van der Waals surface area contributed by atoms with Gasteiger partial charge in [0.1, 0.15) is 0 Å². The van der Waals surface area contributed by atoms with Crippen LogP contribution in [0.15, 0.2) is 194 Å². The molecule has 0 bridgehead atoms. The lowest BCUT2D eigenvalue weighted by molar-refractivity contribution is 0.996. The molecule has 0 saturated carbocycles. The molecule has 0 fully saturated rings. The van der Waals surface area contributed by atoms with E-state index in [0.717, 1.165) is 33.5 Å². The highest BCUT2D eigenvalue weighted by atomic mass is 15.2. The van der Waals surface area contributed by atoms with Crippen LogP contribution in [0, 0.1) is 0 Å². The van der Waals surface area contributed by atoms with Crippen LogP contribution in [0.2, 0.25) is 0 Å². The molecule has 0 amide bonds. The number of hydrogen-bond donors (Lipinski definition) is 0. The summed E-state index contributed by atoms with van der Waals surface area (Å²) in [5.41, 5.74) is 12.1. The van der Waals surface area contributed by atoms with E-state index in [1.54, 1.807) is 0 Å². The Kier molecular flexibility index (Phi) is 6.41. The highest BCUT2D eigenvalue weighted by molar-refractivity contribution is 6.28. The Morgan fingerprint density at radius 2 is 0.879 bits per heavy atom. The second-order valence-corrected chi connectivity index (χ2v) is 15.4. The van der Waals surface area contributed by atoms with Gasteiger partial charge in [-0.1, -0.05) is 152 Å². The van der Waals surface area contributed by atoms with Gasteiger partial charge in [-0.05, 0) is 80.5 Å². The van der Waals surface area contributed by atoms with Crippen molar-refractivity contribution in [2.75, 3.05) is 0 Å². The van der Waals surface area contributed by atoms with Crippen molar-refractivity contribution < 1.29 is 0 Å². The molecular formula is C54H32N4. The molecule has 0 radical (unpaired) electrons. The van der Waals surface area contributed by atoms with Gasteiger partial charge in [0, 0.05) is 38.1 Å². The van der Waals surface area contributed by atoms with Gasteiger partial charge in [-0.2, -0.15) is 0 Å². The van der Waals surface area contributed by atoms with Crippen LogP contribution in [0.1, 0.15) is 0 Å². The predicted octanol–water partition coefficient (Wildman–Crippen LogP) is 14.0. The number of benzene rings is 10. The predicted molar refractivity (Wildman–Crippen MR) is 242 cm³/mol. The number of rotatable bonds is 5. The van der Waals surface area contributed by atoms with Gasteiger partial charge in [-0.25, -0.2) is 9.97 Å². The lowest BCUT2D eigenvalue weighted by Gasteiger charge is -2.14. The third kappa shape index (κ3) is 4.40.